The molecule has 0 radical (unpaired) electrons. The van der Waals surface area contributed by atoms with Crippen LogP contribution in [0.1, 0.15) is 43.7 Å². The first-order valence-corrected chi connectivity index (χ1v) is 11.1. The summed E-state index contributed by atoms with van der Waals surface area (Å²) in [5.41, 5.74) is 7.72. The van der Waals surface area contributed by atoms with Crippen molar-refractivity contribution >= 4 is 5.57 Å². The molecular weight excluding hydrogens is 348 g/mol. The fourth-order valence-electron chi connectivity index (χ4n) is 3.91. The molecule has 4 rings (SSSR count). The number of aryl methyl sites for hydroxylation is 1. The van der Waals surface area contributed by atoms with E-state index in [-0.39, 0.29) is 0 Å². The van der Waals surface area contributed by atoms with Gasteiger partial charge in [-0.1, -0.05) is 30.3 Å². The second-order valence-electron chi connectivity index (χ2n) is 8.01. The van der Waals surface area contributed by atoms with Gasteiger partial charge in [0.2, 0.25) is 0 Å². The molecule has 5 heteroatoms. The highest BCUT2D eigenvalue weighted by molar-refractivity contribution is 5.63. The molecule has 5 nitrogen and oxygen atoms in total. The molecule has 3 aliphatic heterocycles. The Balaban J connectivity index is 1.52. The van der Waals surface area contributed by atoms with Crippen molar-refractivity contribution in [3.05, 3.63) is 41.5 Å². The molecule has 0 aliphatic carbocycles. The van der Waals surface area contributed by atoms with Crippen LogP contribution in [0.4, 0.5) is 0 Å². The molecule has 156 valence electrons. The van der Waals surface area contributed by atoms with Gasteiger partial charge in [-0.15, -0.1) is 0 Å². The van der Waals surface area contributed by atoms with Crippen molar-refractivity contribution in [2.75, 3.05) is 52.5 Å². The number of ether oxygens (including phenoxy) is 1. The molecule has 2 unspecified atom stereocenters. The zero-order valence-electron chi connectivity index (χ0n) is 17.5. The molecule has 3 aliphatic rings. The van der Waals surface area contributed by atoms with Gasteiger partial charge < -0.3 is 15.4 Å². The van der Waals surface area contributed by atoms with Gasteiger partial charge in [-0.25, -0.2) is 10.4 Å². The van der Waals surface area contributed by atoms with Crippen molar-refractivity contribution in [3.8, 4) is 0 Å². The molecule has 3 N–H and O–H groups in total. The quantitative estimate of drug-likeness (QED) is 0.640. The minimum atomic E-state index is 0.450. The molecule has 1 saturated heterocycles. The second kappa shape index (κ2) is 12.3. The Morgan fingerprint density at radius 1 is 0.964 bits per heavy atom. The molecule has 3 heterocycles. The fourth-order valence-corrected chi connectivity index (χ4v) is 3.91. The van der Waals surface area contributed by atoms with Crippen LogP contribution in [0.2, 0.25) is 0 Å². The van der Waals surface area contributed by atoms with Crippen LogP contribution in [0, 0.1) is 0 Å². The SMILES string of the molecule is C/C1=C/CCOCC2CCCN(CCNCCNCCCc3ccc1cc3)N2. The van der Waals surface area contributed by atoms with E-state index in [9.17, 15) is 0 Å². The van der Waals surface area contributed by atoms with Crippen LogP contribution in [0.25, 0.3) is 5.57 Å². The van der Waals surface area contributed by atoms with Gasteiger partial charge in [0, 0.05) is 38.8 Å². The average Bonchev–Trinajstić information content (AvgIpc) is 2.72. The highest BCUT2D eigenvalue weighted by Crippen LogP contribution is 2.16. The zero-order chi connectivity index (χ0) is 19.4. The summed E-state index contributed by atoms with van der Waals surface area (Å²) in [6, 6.07) is 9.51. The first kappa shape index (κ1) is 21.5. The minimum absolute atomic E-state index is 0.450. The van der Waals surface area contributed by atoms with Crippen LogP contribution in [-0.2, 0) is 11.2 Å². The molecule has 1 aromatic carbocycles. The summed E-state index contributed by atoms with van der Waals surface area (Å²) < 4.78 is 5.95. The largest absolute Gasteiger partial charge is 0.379 e. The maximum Gasteiger partial charge on any atom is 0.0633 e. The van der Waals surface area contributed by atoms with Crippen LogP contribution < -0.4 is 16.1 Å². The van der Waals surface area contributed by atoms with Gasteiger partial charge in [-0.2, -0.15) is 0 Å². The van der Waals surface area contributed by atoms with Gasteiger partial charge in [-0.05, 0) is 62.3 Å². The Morgan fingerprint density at radius 2 is 1.79 bits per heavy atom. The van der Waals surface area contributed by atoms with E-state index < -0.39 is 0 Å². The summed E-state index contributed by atoms with van der Waals surface area (Å²) in [5.74, 6) is 0. The maximum atomic E-state index is 5.95. The minimum Gasteiger partial charge on any atom is -0.379 e. The molecule has 0 spiro atoms. The zero-order valence-corrected chi connectivity index (χ0v) is 17.5. The van der Waals surface area contributed by atoms with Gasteiger partial charge in [0.1, 0.15) is 0 Å². The summed E-state index contributed by atoms with van der Waals surface area (Å²) in [7, 11) is 0. The highest BCUT2D eigenvalue weighted by Gasteiger charge is 2.18. The lowest BCUT2D eigenvalue weighted by Gasteiger charge is -2.34. The number of allylic oxidation sites excluding steroid dienone is 1. The first-order valence-electron chi connectivity index (χ1n) is 11.1. The lowest BCUT2D eigenvalue weighted by atomic mass is 10.0. The van der Waals surface area contributed by atoms with Gasteiger partial charge >= 0.3 is 0 Å². The lowest BCUT2D eigenvalue weighted by Crippen LogP contribution is -2.53. The van der Waals surface area contributed by atoms with Crippen LogP contribution in [-0.4, -0.2) is 63.5 Å². The molecule has 0 saturated carbocycles. The van der Waals surface area contributed by atoms with E-state index in [1.165, 1.54) is 36.0 Å². The first-order chi connectivity index (χ1) is 13.8. The molecule has 28 heavy (non-hydrogen) atoms. The maximum absolute atomic E-state index is 5.95. The standard InChI is InChI=1S/C23H38N4O/c1-20-5-4-18-28-19-23-7-3-16-27(26-23)17-15-25-14-13-24-12-2-6-21-8-10-22(20)11-9-21/h5,8-11,23-26H,2-4,6-7,12-19H2,1H3/b20-5-. The number of hydrogen-bond donors (Lipinski definition) is 3. The highest BCUT2D eigenvalue weighted by atomic mass is 16.5. The Hall–Kier alpha value is -1.24. The predicted molar refractivity (Wildman–Crippen MR) is 117 cm³/mol. The summed E-state index contributed by atoms with van der Waals surface area (Å²) >= 11 is 0. The van der Waals surface area contributed by atoms with Crippen molar-refractivity contribution in [2.24, 2.45) is 0 Å². The van der Waals surface area contributed by atoms with E-state index in [4.69, 9.17) is 4.74 Å². The van der Waals surface area contributed by atoms with E-state index >= 15 is 0 Å². The molecule has 0 aromatic heterocycles. The third kappa shape index (κ3) is 7.64. The van der Waals surface area contributed by atoms with Crippen molar-refractivity contribution in [1.29, 1.82) is 0 Å². The van der Waals surface area contributed by atoms with E-state index in [0.29, 0.717) is 6.04 Å². The van der Waals surface area contributed by atoms with Gasteiger partial charge in [-0.3, -0.25) is 0 Å². The third-order valence-electron chi connectivity index (χ3n) is 5.64. The molecule has 2 atom stereocenters. The normalized spacial score (nSPS) is 28.5. The van der Waals surface area contributed by atoms with E-state index in [2.05, 4.69) is 58.3 Å². The van der Waals surface area contributed by atoms with E-state index in [1.54, 1.807) is 0 Å². The molecule has 4 bridgehead atoms. The number of benzene rings is 1. The number of hydrazine groups is 1. The lowest BCUT2D eigenvalue weighted by molar-refractivity contribution is 0.0462. The van der Waals surface area contributed by atoms with Crippen molar-refractivity contribution < 1.29 is 4.74 Å². The van der Waals surface area contributed by atoms with Gasteiger partial charge in [0.25, 0.3) is 0 Å². The Morgan fingerprint density at radius 3 is 2.64 bits per heavy atom. The summed E-state index contributed by atoms with van der Waals surface area (Å²) in [6.45, 7) is 10.2. The van der Waals surface area contributed by atoms with Crippen LogP contribution in [0.5, 0.6) is 0 Å². The van der Waals surface area contributed by atoms with Crippen LogP contribution in [0.3, 0.4) is 0 Å². The number of rotatable bonds is 0. The van der Waals surface area contributed by atoms with E-state index in [1.807, 2.05) is 0 Å². The summed E-state index contributed by atoms with van der Waals surface area (Å²) in [6.07, 6.45) is 8.05. The van der Waals surface area contributed by atoms with Crippen molar-refractivity contribution in [2.45, 2.75) is 45.1 Å². The smallest absolute Gasteiger partial charge is 0.0633 e. The fraction of sp³-hybridized carbons (Fsp3) is 0.652. The molecular formula is C23H38N4O. The Bertz CT molecular complexity index is 587. The average molecular weight is 387 g/mol. The third-order valence-corrected chi connectivity index (χ3v) is 5.64. The number of nitrogens with one attached hydrogen (secondary N) is 3. The summed E-state index contributed by atoms with van der Waals surface area (Å²) in [5, 5.41) is 9.45. The Labute approximate surface area is 170 Å². The predicted octanol–water partition coefficient (Wildman–Crippen LogP) is 2.59. The monoisotopic (exact) mass is 386 g/mol. The summed E-state index contributed by atoms with van der Waals surface area (Å²) in [4.78, 5) is 0. The second-order valence-corrected chi connectivity index (χ2v) is 8.01. The van der Waals surface area contributed by atoms with Crippen molar-refractivity contribution in [3.63, 3.8) is 0 Å². The molecule has 0 amide bonds. The van der Waals surface area contributed by atoms with Gasteiger partial charge in [0.15, 0.2) is 0 Å². The number of hydrogen-bond acceptors (Lipinski definition) is 5. The van der Waals surface area contributed by atoms with Crippen molar-refractivity contribution in [1.82, 2.24) is 21.1 Å². The number of nitrogens with zero attached hydrogens (tertiary/aromatic N) is 1. The van der Waals surface area contributed by atoms with Crippen LogP contribution in [0.15, 0.2) is 30.3 Å². The topological polar surface area (TPSA) is 48.6 Å². The van der Waals surface area contributed by atoms with Gasteiger partial charge in [0.05, 0.1) is 13.2 Å². The Kier molecular flexibility index (Phi) is 9.47. The number of fused-ring (bicyclic) bond motifs is 14. The van der Waals surface area contributed by atoms with E-state index in [0.717, 1.165) is 65.3 Å². The molecule has 1 fully saturated rings. The molecule has 1 aromatic rings. The van der Waals surface area contributed by atoms with Crippen LogP contribution >= 0.6 is 0 Å².